The fourth-order valence-corrected chi connectivity index (χ4v) is 2.98. The first-order valence-corrected chi connectivity index (χ1v) is 8.78. The Hall–Kier alpha value is -3.58. The maximum atomic E-state index is 13.3. The van der Waals surface area contributed by atoms with Crippen molar-refractivity contribution in [2.45, 2.75) is 13.3 Å². The van der Waals surface area contributed by atoms with E-state index in [-0.39, 0.29) is 18.0 Å². The number of para-hydroxylation sites is 1. The molecule has 1 N–H and O–H groups in total. The van der Waals surface area contributed by atoms with Gasteiger partial charge in [-0.3, -0.25) is 14.2 Å². The third-order valence-electron chi connectivity index (χ3n) is 4.26. The minimum atomic E-state index is -0.277. The molecule has 0 saturated carbocycles. The van der Waals surface area contributed by atoms with Crippen molar-refractivity contribution in [2.24, 2.45) is 0 Å². The van der Waals surface area contributed by atoms with E-state index in [1.807, 2.05) is 61.5 Å². The van der Waals surface area contributed by atoms with Gasteiger partial charge >= 0.3 is 0 Å². The van der Waals surface area contributed by atoms with Crippen molar-refractivity contribution in [3.8, 4) is 17.5 Å². The Balaban J connectivity index is 2.15. The van der Waals surface area contributed by atoms with Crippen molar-refractivity contribution in [2.75, 3.05) is 6.54 Å². The molecule has 134 valence electrons. The van der Waals surface area contributed by atoms with Crippen molar-refractivity contribution < 1.29 is 4.79 Å². The summed E-state index contributed by atoms with van der Waals surface area (Å²) >= 11 is 0. The first-order chi connectivity index (χ1) is 13.2. The van der Waals surface area contributed by atoms with Crippen molar-refractivity contribution in [3.05, 3.63) is 88.9 Å². The van der Waals surface area contributed by atoms with E-state index in [0.717, 1.165) is 23.2 Å². The van der Waals surface area contributed by atoms with E-state index in [2.05, 4.69) is 23.7 Å². The lowest BCUT2D eigenvalue weighted by molar-refractivity contribution is -0.116. The number of hydrogen-bond donors (Lipinski definition) is 1. The molecule has 0 saturated heterocycles. The SMILES string of the molecule is C=CC(=O)NCC#Cc1cccc2cc(CC)n(-c3ccccc3)c(=O)c12. The van der Waals surface area contributed by atoms with Crippen LogP contribution in [0.1, 0.15) is 18.2 Å². The summed E-state index contributed by atoms with van der Waals surface area (Å²) in [7, 11) is 0. The monoisotopic (exact) mass is 356 g/mol. The molecule has 4 nitrogen and oxygen atoms in total. The van der Waals surface area contributed by atoms with Crippen LogP contribution in [0.25, 0.3) is 16.5 Å². The number of benzene rings is 2. The molecule has 1 amide bonds. The van der Waals surface area contributed by atoms with Crippen LogP contribution in [0, 0.1) is 11.8 Å². The molecule has 0 spiro atoms. The molecular weight excluding hydrogens is 336 g/mol. The van der Waals surface area contributed by atoms with Crippen LogP contribution < -0.4 is 10.9 Å². The molecule has 0 fully saturated rings. The molecule has 3 rings (SSSR count). The van der Waals surface area contributed by atoms with E-state index in [1.165, 1.54) is 6.08 Å². The molecule has 0 aliphatic heterocycles. The van der Waals surface area contributed by atoms with Crippen LogP contribution in [0.5, 0.6) is 0 Å². The molecule has 0 aliphatic rings. The molecule has 0 radical (unpaired) electrons. The van der Waals surface area contributed by atoms with Gasteiger partial charge in [-0.25, -0.2) is 0 Å². The van der Waals surface area contributed by atoms with Crippen LogP contribution in [-0.4, -0.2) is 17.0 Å². The highest BCUT2D eigenvalue weighted by Crippen LogP contribution is 2.19. The fraction of sp³-hybridized carbons (Fsp3) is 0.130. The smallest absolute Gasteiger partial charge is 0.264 e. The van der Waals surface area contributed by atoms with Gasteiger partial charge in [-0.2, -0.15) is 0 Å². The number of nitrogens with one attached hydrogen (secondary N) is 1. The maximum Gasteiger partial charge on any atom is 0.264 e. The molecule has 4 heteroatoms. The van der Waals surface area contributed by atoms with Crippen LogP contribution in [0.2, 0.25) is 0 Å². The summed E-state index contributed by atoms with van der Waals surface area (Å²) in [6, 6.07) is 17.3. The molecule has 1 heterocycles. The van der Waals surface area contributed by atoms with E-state index in [4.69, 9.17) is 0 Å². The summed E-state index contributed by atoms with van der Waals surface area (Å²) in [6.45, 7) is 5.63. The van der Waals surface area contributed by atoms with Crippen LogP contribution in [-0.2, 0) is 11.2 Å². The number of carbonyl (C=O) groups excluding carboxylic acids is 1. The number of amides is 1. The second-order valence-electron chi connectivity index (χ2n) is 5.96. The molecule has 1 aromatic heterocycles. The van der Waals surface area contributed by atoms with Gasteiger partial charge in [0.25, 0.3) is 5.56 Å². The number of hydrogen-bond acceptors (Lipinski definition) is 2. The van der Waals surface area contributed by atoms with Crippen molar-refractivity contribution in [1.82, 2.24) is 9.88 Å². The third-order valence-corrected chi connectivity index (χ3v) is 4.26. The lowest BCUT2D eigenvalue weighted by Crippen LogP contribution is -2.22. The number of carbonyl (C=O) groups is 1. The largest absolute Gasteiger partial charge is 0.342 e. The first kappa shape index (κ1) is 18.2. The predicted octanol–water partition coefficient (Wildman–Crippen LogP) is 3.21. The molecule has 3 aromatic rings. The lowest BCUT2D eigenvalue weighted by atomic mass is 10.0. The second-order valence-corrected chi connectivity index (χ2v) is 5.96. The van der Waals surface area contributed by atoms with Gasteiger partial charge in [0, 0.05) is 16.9 Å². The Labute approximate surface area is 158 Å². The summed E-state index contributed by atoms with van der Waals surface area (Å²) in [6.07, 6.45) is 1.94. The minimum absolute atomic E-state index is 0.0874. The Morgan fingerprint density at radius 1 is 1.19 bits per heavy atom. The summed E-state index contributed by atoms with van der Waals surface area (Å²) in [5.41, 5.74) is 2.34. The molecule has 0 unspecified atom stereocenters. The second kappa shape index (κ2) is 8.20. The molecule has 27 heavy (non-hydrogen) atoms. The topological polar surface area (TPSA) is 51.1 Å². The van der Waals surface area contributed by atoms with Gasteiger partial charge in [0.2, 0.25) is 5.91 Å². The van der Waals surface area contributed by atoms with E-state index in [1.54, 1.807) is 4.57 Å². The maximum absolute atomic E-state index is 13.3. The summed E-state index contributed by atoms with van der Waals surface area (Å²) in [4.78, 5) is 24.5. The zero-order valence-electron chi connectivity index (χ0n) is 15.2. The quantitative estimate of drug-likeness (QED) is 0.576. The Bertz CT molecular complexity index is 1120. The zero-order valence-corrected chi connectivity index (χ0v) is 15.2. The molecular formula is C23H20N2O2. The highest BCUT2D eigenvalue weighted by atomic mass is 16.1. The standard InChI is InChI=1S/C23H20N2O2/c1-3-19-16-18-11-8-10-17(12-9-15-24-21(26)4-2)22(18)23(27)25(19)20-13-6-5-7-14-20/h4-8,10-11,13-14,16H,2-3,15H2,1H3,(H,24,26). The van der Waals surface area contributed by atoms with Crippen LogP contribution in [0.3, 0.4) is 0 Å². The highest BCUT2D eigenvalue weighted by Gasteiger charge is 2.12. The van der Waals surface area contributed by atoms with Gasteiger partial charge in [0.1, 0.15) is 0 Å². The van der Waals surface area contributed by atoms with E-state index in [9.17, 15) is 9.59 Å². The van der Waals surface area contributed by atoms with Crippen molar-refractivity contribution in [1.29, 1.82) is 0 Å². The van der Waals surface area contributed by atoms with Crippen LogP contribution >= 0.6 is 0 Å². The number of aromatic nitrogens is 1. The van der Waals surface area contributed by atoms with Gasteiger partial charge in [0.05, 0.1) is 11.9 Å². The lowest BCUT2D eigenvalue weighted by Gasteiger charge is -2.14. The number of nitrogens with zero attached hydrogens (tertiary/aromatic N) is 1. The zero-order chi connectivity index (χ0) is 19.2. The average Bonchev–Trinajstić information content (AvgIpc) is 2.71. The van der Waals surface area contributed by atoms with Crippen LogP contribution in [0.15, 0.2) is 72.0 Å². The normalized spacial score (nSPS) is 10.1. The Kier molecular flexibility index (Phi) is 5.53. The van der Waals surface area contributed by atoms with Crippen LogP contribution in [0.4, 0.5) is 0 Å². The fourth-order valence-electron chi connectivity index (χ4n) is 2.98. The predicted molar refractivity (Wildman–Crippen MR) is 109 cm³/mol. The van der Waals surface area contributed by atoms with Crippen molar-refractivity contribution in [3.63, 3.8) is 0 Å². The van der Waals surface area contributed by atoms with E-state index >= 15 is 0 Å². The first-order valence-electron chi connectivity index (χ1n) is 8.78. The summed E-state index contributed by atoms with van der Waals surface area (Å²) in [5, 5.41) is 4.06. The van der Waals surface area contributed by atoms with Crippen molar-refractivity contribution >= 4 is 16.7 Å². The van der Waals surface area contributed by atoms with Gasteiger partial charge in [-0.1, -0.05) is 55.7 Å². The van der Waals surface area contributed by atoms with Gasteiger partial charge in [-0.05, 0) is 42.1 Å². The highest BCUT2D eigenvalue weighted by molar-refractivity contribution is 5.88. The molecule has 0 atom stereocenters. The summed E-state index contributed by atoms with van der Waals surface area (Å²) in [5.74, 6) is 5.63. The summed E-state index contributed by atoms with van der Waals surface area (Å²) < 4.78 is 1.74. The molecule has 2 aromatic carbocycles. The average molecular weight is 356 g/mol. The Morgan fingerprint density at radius 3 is 2.67 bits per heavy atom. The molecule has 0 aliphatic carbocycles. The van der Waals surface area contributed by atoms with Gasteiger partial charge in [0.15, 0.2) is 0 Å². The van der Waals surface area contributed by atoms with E-state index < -0.39 is 0 Å². The number of fused-ring (bicyclic) bond motifs is 1. The third kappa shape index (κ3) is 3.83. The Morgan fingerprint density at radius 2 is 1.96 bits per heavy atom. The number of pyridine rings is 1. The van der Waals surface area contributed by atoms with E-state index in [0.29, 0.717) is 10.9 Å². The number of aryl methyl sites for hydroxylation is 1. The van der Waals surface area contributed by atoms with Gasteiger partial charge in [-0.15, -0.1) is 0 Å². The van der Waals surface area contributed by atoms with Gasteiger partial charge < -0.3 is 5.32 Å². The molecule has 0 bridgehead atoms. The number of rotatable bonds is 4. The minimum Gasteiger partial charge on any atom is -0.342 e.